The van der Waals surface area contributed by atoms with Crippen LogP contribution >= 0.6 is 0 Å². The average molecular weight is 381 g/mol. The summed E-state index contributed by atoms with van der Waals surface area (Å²) in [4.78, 5) is 19.0. The minimum atomic E-state index is -2.80. The van der Waals surface area contributed by atoms with Gasteiger partial charge in [-0.1, -0.05) is 12.1 Å². The molecule has 1 amide bonds. The molecule has 0 N–H and O–H groups in total. The molecule has 2 aliphatic heterocycles. The van der Waals surface area contributed by atoms with Crippen molar-refractivity contribution in [3.05, 3.63) is 29.8 Å². The highest BCUT2D eigenvalue weighted by Gasteiger charge is 2.25. The maximum absolute atomic E-state index is 12.4. The molecule has 0 aromatic heterocycles. The minimum Gasteiger partial charge on any atom is -0.435 e. The Morgan fingerprint density at radius 1 is 1.00 bits per heavy atom. The topological polar surface area (TPSA) is 36.0 Å². The Labute approximate surface area is 159 Å². The number of amides is 1. The van der Waals surface area contributed by atoms with Gasteiger partial charge in [0.1, 0.15) is 5.75 Å². The van der Waals surface area contributed by atoms with E-state index in [1.807, 2.05) is 17.0 Å². The Balaban J connectivity index is 1.46. The van der Waals surface area contributed by atoms with Crippen molar-refractivity contribution in [3.8, 4) is 5.75 Å². The van der Waals surface area contributed by atoms with Crippen molar-refractivity contribution in [1.82, 2.24) is 14.7 Å². The number of piperazine rings is 1. The van der Waals surface area contributed by atoms with Crippen molar-refractivity contribution >= 4 is 5.91 Å². The third-order valence-electron chi connectivity index (χ3n) is 5.61. The van der Waals surface area contributed by atoms with Crippen LogP contribution in [0.5, 0.6) is 5.75 Å². The number of halogens is 2. The lowest BCUT2D eigenvalue weighted by Gasteiger charge is -2.39. The molecule has 1 aromatic carbocycles. The normalized spacial score (nSPS) is 20.7. The van der Waals surface area contributed by atoms with E-state index in [0.29, 0.717) is 6.54 Å². The smallest absolute Gasteiger partial charge is 0.387 e. The Morgan fingerprint density at radius 3 is 2.22 bits per heavy atom. The van der Waals surface area contributed by atoms with E-state index in [9.17, 15) is 13.6 Å². The van der Waals surface area contributed by atoms with Crippen molar-refractivity contribution < 1.29 is 18.3 Å². The third-order valence-corrected chi connectivity index (χ3v) is 5.61. The number of benzene rings is 1. The molecule has 2 fully saturated rings. The van der Waals surface area contributed by atoms with Gasteiger partial charge in [0.2, 0.25) is 5.91 Å². The molecule has 5 nitrogen and oxygen atoms in total. The van der Waals surface area contributed by atoms with Gasteiger partial charge in [0.25, 0.3) is 0 Å². The molecule has 1 aromatic rings. The highest BCUT2D eigenvalue weighted by molar-refractivity contribution is 5.78. The molecule has 2 saturated heterocycles. The number of carbonyl (C=O) groups is 1. The SMILES string of the molecule is CC(c1ccc(OC(F)F)cc1)N1CCN(CC(=O)N2CCCCC2)CC1. The van der Waals surface area contributed by atoms with E-state index >= 15 is 0 Å². The van der Waals surface area contributed by atoms with Crippen LogP contribution in [0.15, 0.2) is 24.3 Å². The molecule has 1 atom stereocenters. The number of likely N-dealkylation sites (tertiary alicyclic amines) is 1. The average Bonchev–Trinajstić information content (AvgIpc) is 2.69. The van der Waals surface area contributed by atoms with Crippen LogP contribution in [0.1, 0.15) is 37.8 Å². The fourth-order valence-corrected chi connectivity index (χ4v) is 3.88. The fraction of sp³-hybridized carbons (Fsp3) is 0.650. The summed E-state index contributed by atoms with van der Waals surface area (Å²) in [6.45, 7) is 5.18. The van der Waals surface area contributed by atoms with Gasteiger partial charge in [0.15, 0.2) is 0 Å². The van der Waals surface area contributed by atoms with Crippen molar-refractivity contribution in [1.29, 1.82) is 0 Å². The van der Waals surface area contributed by atoms with E-state index in [0.717, 1.165) is 57.7 Å². The van der Waals surface area contributed by atoms with Gasteiger partial charge in [-0.2, -0.15) is 8.78 Å². The zero-order valence-electron chi connectivity index (χ0n) is 15.9. The summed E-state index contributed by atoms with van der Waals surface area (Å²) < 4.78 is 28.9. The molecule has 2 heterocycles. The first-order chi connectivity index (χ1) is 13.0. The Morgan fingerprint density at radius 2 is 1.63 bits per heavy atom. The summed E-state index contributed by atoms with van der Waals surface area (Å²) in [5.41, 5.74) is 1.08. The first-order valence-electron chi connectivity index (χ1n) is 9.82. The number of ether oxygens (including phenoxy) is 1. The predicted octanol–water partition coefficient (Wildman–Crippen LogP) is 2.98. The zero-order chi connectivity index (χ0) is 19.2. The second kappa shape index (κ2) is 9.46. The molecule has 0 radical (unpaired) electrons. The maximum atomic E-state index is 12.4. The van der Waals surface area contributed by atoms with Crippen LogP contribution in [-0.2, 0) is 4.79 Å². The summed E-state index contributed by atoms with van der Waals surface area (Å²) in [6, 6.07) is 7.06. The van der Waals surface area contributed by atoms with Gasteiger partial charge in [-0.3, -0.25) is 14.6 Å². The molecule has 2 aliphatic rings. The second-order valence-electron chi connectivity index (χ2n) is 7.38. The number of carbonyl (C=O) groups excluding carboxylic acids is 1. The Bertz CT molecular complexity index is 598. The molecule has 3 rings (SSSR count). The highest BCUT2D eigenvalue weighted by Crippen LogP contribution is 2.24. The number of nitrogens with zero attached hydrogens (tertiary/aromatic N) is 3. The first-order valence-corrected chi connectivity index (χ1v) is 9.82. The largest absolute Gasteiger partial charge is 0.435 e. The fourth-order valence-electron chi connectivity index (χ4n) is 3.88. The molecule has 0 spiro atoms. The van der Waals surface area contributed by atoms with Crippen LogP contribution in [0.25, 0.3) is 0 Å². The molecule has 7 heteroatoms. The molecular weight excluding hydrogens is 352 g/mol. The number of hydrogen-bond donors (Lipinski definition) is 0. The molecule has 0 saturated carbocycles. The molecule has 150 valence electrons. The van der Waals surface area contributed by atoms with Gasteiger partial charge in [-0.15, -0.1) is 0 Å². The van der Waals surface area contributed by atoms with Crippen LogP contribution in [0, 0.1) is 0 Å². The number of hydrogen-bond acceptors (Lipinski definition) is 4. The number of rotatable bonds is 6. The van der Waals surface area contributed by atoms with Gasteiger partial charge < -0.3 is 9.64 Å². The highest BCUT2D eigenvalue weighted by atomic mass is 19.3. The van der Waals surface area contributed by atoms with Crippen LogP contribution in [0.4, 0.5) is 8.78 Å². The van der Waals surface area contributed by atoms with E-state index in [-0.39, 0.29) is 17.7 Å². The quantitative estimate of drug-likeness (QED) is 0.759. The van der Waals surface area contributed by atoms with E-state index in [2.05, 4.69) is 21.5 Å². The monoisotopic (exact) mass is 381 g/mol. The molecule has 0 bridgehead atoms. The van der Waals surface area contributed by atoms with E-state index < -0.39 is 6.61 Å². The Hall–Kier alpha value is -1.73. The number of piperidine rings is 1. The van der Waals surface area contributed by atoms with Crippen molar-refractivity contribution in [2.45, 2.75) is 38.8 Å². The van der Waals surface area contributed by atoms with Crippen LogP contribution in [0.3, 0.4) is 0 Å². The third kappa shape index (κ3) is 5.62. The molecule has 27 heavy (non-hydrogen) atoms. The zero-order valence-corrected chi connectivity index (χ0v) is 15.9. The number of alkyl halides is 2. The predicted molar refractivity (Wildman–Crippen MR) is 99.9 cm³/mol. The van der Waals surface area contributed by atoms with Crippen molar-refractivity contribution in [2.75, 3.05) is 45.8 Å². The van der Waals surface area contributed by atoms with Gasteiger partial charge in [-0.05, 0) is 43.9 Å². The first kappa shape index (κ1) is 20.0. The maximum Gasteiger partial charge on any atom is 0.387 e. The lowest BCUT2D eigenvalue weighted by Crippen LogP contribution is -2.51. The van der Waals surface area contributed by atoms with Gasteiger partial charge in [-0.25, -0.2) is 0 Å². The minimum absolute atomic E-state index is 0.182. The van der Waals surface area contributed by atoms with Crippen molar-refractivity contribution in [3.63, 3.8) is 0 Å². The summed E-state index contributed by atoms with van der Waals surface area (Å²) in [7, 11) is 0. The molecular formula is C20H29F2N3O2. The lowest BCUT2D eigenvalue weighted by molar-refractivity contribution is -0.133. The van der Waals surface area contributed by atoms with E-state index in [1.54, 1.807) is 12.1 Å². The van der Waals surface area contributed by atoms with Crippen LogP contribution in [0.2, 0.25) is 0 Å². The summed E-state index contributed by atoms with van der Waals surface area (Å²) in [6.07, 6.45) is 3.48. The Kier molecular flexibility index (Phi) is 7.01. The van der Waals surface area contributed by atoms with Crippen molar-refractivity contribution in [2.24, 2.45) is 0 Å². The van der Waals surface area contributed by atoms with Crippen LogP contribution < -0.4 is 4.74 Å². The lowest BCUT2D eigenvalue weighted by atomic mass is 10.1. The van der Waals surface area contributed by atoms with Gasteiger partial charge >= 0.3 is 6.61 Å². The van der Waals surface area contributed by atoms with Gasteiger partial charge in [0, 0.05) is 45.3 Å². The van der Waals surface area contributed by atoms with Gasteiger partial charge in [0.05, 0.1) is 6.54 Å². The van der Waals surface area contributed by atoms with E-state index in [4.69, 9.17) is 0 Å². The molecule has 1 unspecified atom stereocenters. The van der Waals surface area contributed by atoms with E-state index in [1.165, 1.54) is 6.42 Å². The second-order valence-corrected chi connectivity index (χ2v) is 7.38. The van der Waals surface area contributed by atoms with Crippen LogP contribution in [-0.4, -0.2) is 73.0 Å². The summed E-state index contributed by atoms with van der Waals surface area (Å²) in [5, 5.41) is 0. The summed E-state index contributed by atoms with van der Waals surface area (Å²) >= 11 is 0. The standard InChI is InChI=1S/C20H29F2N3O2/c1-16(17-5-7-18(8-6-17)27-20(21)22)24-13-11-23(12-14-24)15-19(26)25-9-3-2-4-10-25/h5-8,16,20H,2-4,9-15H2,1H3. The summed E-state index contributed by atoms with van der Waals surface area (Å²) in [5.74, 6) is 0.438. The molecule has 0 aliphatic carbocycles.